The molecule has 6 nitrogen and oxygen atoms in total. The standard InChI is InChI=1S/C22H19FN2O4/c23-16-6-8-17(9-7-16)24-21(26)14-28-15-22(27)25-18-10-12-20(13-11-18)29-19-4-2-1-3-5-19/h1-13H,14-15H2,(H,24,26)(H,25,27). The van der Waals surface area contributed by atoms with Crippen molar-refractivity contribution in [2.75, 3.05) is 23.8 Å². The van der Waals surface area contributed by atoms with E-state index in [2.05, 4.69) is 10.6 Å². The van der Waals surface area contributed by atoms with Gasteiger partial charge in [-0.05, 0) is 60.7 Å². The van der Waals surface area contributed by atoms with Gasteiger partial charge >= 0.3 is 0 Å². The molecular weight excluding hydrogens is 375 g/mol. The van der Waals surface area contributed by atoms with E-state index in [0.29, 0.717) is 17.1 Å². The van der Waals surface area contributed by atoms with Gasteiger partial charge in [-0.25, -0.2) is 4.39 Å². The van der Waals surface area contributed by atoms with E-state index in [0.717, 1.165) is 5.75 Å². The first kappa shape index (κ1) is 20.0. The molecule has 7 heteroatoms. The highest BCUT2D eigenvalue weighted by atomic mass is 19.1. The van der Waals surface area contributed by atoms with E-state index in [1.54, 1.807) is 24.3 Å². The maximum Gasteiger partial charge on any atom is 0.250 e. The van der Waals surface area contributed by atoms with Gasteiger partial charge in [0, 0.05) is 11.4 Å². The number of ether oxygens (including phenoxy) is 2. The molecule has 0 aliphatic carbocycles. The van der Waals surface area contributed by atoms with Crippen LogP contribution in [-0.4, -0.2) is 25.0 Å². The van der Waals surface area contributed by atoms with Crippen LogP contribution in [0.2, 0.25) is 0 Å². The van der Waals surface area contributed by atoms with Crippen LogP contribution in [0.15, 0.2) is 78.9 Å². The Labute approximate surface area is 167 Å². The van der Waals surface area contributed by atoms with Crippen LogP contribution < -0.4 is 15.4 Å². The molecule has 0 unspecified atom stereocenters. The Morgan fingerprint density at radius 3 is 1.72 bits per heavy atom. The highest BCUT2D eigenvalue weighted by Gasteiger charge is 2.07. The number of anilines is 2. The molecule has 148 valence electrons. The molecule has 0 aromatic heterocycles. The molecule has 0 spiro atoms. The van der Waals surface area contributed by atoms with E-state index in [1.807, 2.05) is 30.3 Å². The van der Waals surface area contributed by atoms with Gasteiger partial charge in [-0.3, -0.25) is 9.59 Å². The lowest BCUT2D eigenvalue weighted by molar-refractivity contribution is -0.125. The van der Waals surface area contributed by atoms with Crippen LogP contribution in [0.3, 0.4) is 0 Å². The average Bonchev–Trinajstić information content (AvgIpc) is 2.72. The highest BCUT2D eigenvalue weighted by Crippen LogP contribution is 2.22. The summed E-state index contributed by atoms with van der Waals surface area (Å²) in [6.07, 6.45) is 0. The van der Waals surface area contributed by atoms with Crippen molar-refractivity contribution in [2.24, 2.45) is 0 Å². The maximum atomic E-state index is 12.8. The van der Waals surface area contributed by atoms with E-state index < -0.39 is 17.6 Å². The van der Waals surface area contributed by atoms with Gasteiger partial charge in [0.15, 0.2) is 0 Å². The summed E-state index contributed by atoms with van der Waals surface area (Å²) in [6, 6.07) is 21.6. The topological polar surface area (TPSA) is 76.7 Å². The largest absolute Gasteiger partial charge is 0.457 e. The summed E-state index contributed by atoms with van der Waals surface area (Å²) in [7, 11) is 0. The van der Waals surface area contributed by atoms with Crippen molar-refractivity contribution in [1.82, 2.24) is 0 Å². The Morgan fingerprint density at radius 2 is 1.17 bits per heavy atom. The summed E-state index contributed by atoms with van der Waals surface area (Å²) in [5, 5.41) is 5.21. The molecule has 2 amide bonds. The van der Waals surface area contributed by atoms with Gasteiger partial charge in [0.05, 0.1) is 0 Å². The minimum absolute atomic E-state index is 0.279. The molecule has 0 aliphatic rings. The van der Waals surface area contributed by atoms with E-state index >= 15 is 0 Å². The third-order valence-corrected chi connectivity index (χ3v) is 3.71. The molecule has 3 rings (SSSR count). The molecule has 0 atom stereocenters. The van der Waals surface area contributed by atoms with Crippen LogP contribution in [0.4, 0.5) is 15.8 Å². The van der Waals surface area contributed by atoms with Gasteiger partial charge in [0.2, 0.25) is 11.8 Å². The maximum absolute atomic E-state index is 12.8. The van der Waals surface area contributed by atoms with E-state index in [1.165, 1.54) is 24.3 Å². The van der Waals surface area contributed by atoms with Gasteiger partial charge in [-0.2, -0.15) is 0 Å². The normalized spacial score (nSPS) is 10.2. The molecule has 0 radical (unpaired) electrons. The van der Waals surface area contributed by atoms with Crippen molar-refractivity contribution in [2.45, 2.75) is 0 Å². The second-order valence-corrected chi connectivity index (χ2v) is 6.04. The number of halogens is 1. The smallest absolute Gasteiger partial charge is 0.250 e. The lowest BCUT2D eigenvalue weighted by Gasteiger charge is -2.09. The molecular formula is C22H19FN2O4. The lowest BCUT2D eigenvalue weighted by atomic mass is 10.3. The van der Waals surface area contributed by atoms with Crippen LogP contribution in [0.1, 0.15) is 0 Å². The molecule has 3 aromatic carbocycles. The van der Waals surface area contributed by atoms with Crippen molar-refractivity contribution < 1.29 is 23.5 Å². The van der Waals surface area contributed by atoms with Gasteiger partial charge in [-0.1, -0.05) is 18.2 Å². The van der Waals surface area contributed by atoms with E-state index in [4.69, 9.17) is 9.47 Å². The Kier molecular flexibility index (Phi) is 6.91. The Balaban J connectivity index is 1.38. The zero-order valence-electron chi connectivity index (χ0n) is 15.4. The molecule has 3 aromatic rings. The van der Waals surface area contributed by atoms with Gasteiger partial charge < -0.3 is 20.1 Å². The van der Waals surface area contributed by atoms with E-state index in [9.17, 15) is 14.0 Å². The van der Waals surface area contributed by atoms with Gasteiger partial charge in [-0.15, -0.1) is 0 Å². The van der Waals surface area contributed by atoms with Gasteiger partial charge in [0.25, 0.3) is 0 Å². The summed E-state index contributed by atoms with van der Waals surface area (Å²) in [5.41, 5.74) is 1.03. The van der Waals surface area contributed by atoms with Crippen molar-refractivity contribution in [3.8, 4) is 11.5 Å². The first-order valence-corrected chi connectivity index (χ1v) is 8.84. The molecule has 2 N–H and O–H groups in total. The van der Waals surface area contributed by atoms with Crippen LogP contribution in [0.5, 0.6) is 11.5 Å². The number of rotatable bonds is 8. The minimum Gasteiger partial charge on any atom is -0.457 e. The highest BCUT2D eigenvalue weighted by molar-refractivity contribution is 5.93. The van der Waals surface area contributed by atoms with E-state index in [-0.39, 0.29) is 13.2 Å². The number of hydrogen-bond donors (Lipinski definition) is 2. The summed E-state index contributed by atoms with van der Waals surface area (Å²) in [5.74, 6) is 0.137. The molecule has 0 heterocycles. The van der Waals surface area contributed by atoms with Gasteiger partial charge in [0.1, 0.15) is 30.5 Å². The molecule has 0 saturated heterocycles. The number of para-hydroxylation sites is 1. The summed E-state index contributed by atoms with van der Waals surface area (Å²) in [4.78, 5) is 23.7. The molecule has 0 bridgehead atoms. The zero-order chi connectivity index (χ0) is 20.5. The Bertz CT molecular complexity index is 945. The van der Waals surface area contributed by atoms with Crippen molar-refractivity contribution in [3.63, 3.8) is 0 Å². The van der Waals surface area contributed by atoms with Crippen LogP contribution >= 0.6 is 0 Å². The van der Waals surface area contributed by atoms with Crippen LogP contribution in [0, 0.1) is 5.82 Å². The van der Waals surface area contributed by atoms with Crippen molar-refractivity contribution >= 4 is 23.2 Å². The summed E-state index contributed by atoms with van der Waals surface area (Å²) in [6.45, 7) is -0.576. The van der Waals surface area contributed by atoms with Crippen LogP contribution in [-0.2, 0) is 14.3 Å². The quantitative estimate of drug-likeness (QED) is 0.600. The van der Waals surface area contributed by atoms with Crippen molar-refractivity contribution in [3.05, 3.63) is 84.7 Å². The molecule has 0 fully saturated rings. The van der Waals surface area contributed by atoms with Crippen molar-refractivity contribution in [1.29, 1.82) is 0 Å². The fourth-order valence-corrected chi connectivity index (χ4v) is 2.39. The zero-order valence-corrected chi connectivity index (χ0v) is 15.4. The lowest BCUT2D eigenvalue weighted by Crippen LogP contribution is -2.23. The second kappa shape index (κ2) is 10.0. The Morgan fingerprint density at radius 1 is 0.690 bits per heavy atom. The molecule has 0 aliphatic heterocycles. The van der Waals surface area contributed by atoms with Crippen LogP contribution in [0.25, 0.3) is 0 Å². The predicted octanol–water partition coefficient (Wildman–Crippen LogP) is 4.21. The predicted molar refractivity (Wildman–Crippen MR) is 107 cm³/mol. The average molecular weight is 394 g/mol. The number of amides is 2. The Hall–Kier alpha value is -3.71. The number of benzene rings is 3. The molecule has 29 heavy (non-hydrogen) atoms. The SMILES string of the molecule is O=C(COCC(=O)Nc1ccc(Oc2ccccc2)cc1)Nc1ccc(F)cc1. The summed E-state index contributed by atoms with van der Waals surface area (Å²) >= 11 is 0. The molecule has 0 saturated carbocycles. The number of nitrogens with one attached hydrogen (secondary N) is 2. The number of carbonyl (C=O) groups is 2. The summed E-state index contributed by atoms with van der Waals surface area (Å²) < 4.78 is 23.6. The first-order valence-electron chi connectivity index (χ1n) is 8.84. The fourth-order valence-electron chi connectivity index (χ4n) is 2.39. The minimum atomic E-state index is -0.438. The second-order valence-electron chi connectivity index (χ2n) is 6.04. The number of hydrogen-bond acceptors (Lipinski definition) is 4. The third-order valence-electron chi connectivity index (χ3n) is 3.71. The number of carbonyl (C=O) groups excluding carboxylic acids is 2. The fraction of sp³-hybridized carbons (Fsp3) is 0.0909. The first-order chi connectivity index (χ1) is 14.1. The third kappa shape index (κ3) is 6.75. The monoisotopic (exact) mass is 394 g/mol.